The van der Waals surface area contributed by atoms with Crippen LogP contribution >= 0.6 is 0 Å². The van der Waals surface area contributed by atoms with Crippen LogP contribution in [0.3, 0.4) is 0 Å². The molecule has 0 atom stereocenters. The Bertz CT molecular complexity index is 941. The van der Waals surface area contributed by atoms with Gasteiger partial charge in [0.2, 0.25) is 16.8 Å². The molecule has 2 aromatic rings. The first-order chi connectivity index (χ1) is 13.0. The molecular weight excluding hydrogens is 374 g/mol. The molecule has 0 radical (unpaired) electrons. The average Bonchev–Trinajstić information content (AvgIpc) is 3.14. The minimum absolute atomic E-state index is 0.0981. The van der Waals surface area contributed by atoms with E-state index in [1.807, 2.05) is 0 Å². The van der Waals surface area contributed by atoms with Gasteiger partial charge in [0.15, 0.2) is 23.9 Å². The first-order valence-electron chi connectivity index (χ1n) is 8.09. The normalized spacial score (nSPS) is 12.6. The Hall–Kier alpha value is -2.91. The molecule has 0 aliphatic carbocycles. The molecule has 0 spiro atoms. The number of benzene rings is 2. The summed E-state index contributed by atoms with van der Waals surface area (Å²) in [6.07, 6.45) is -0.194. The second kappa shape index (κ2) is 8.19. The molecule has 3 rings (SSSR count). The fourth-order valence-electron chi connectivity index (χ4n) is 2.34. The van der Waals surface area contributed by atoms with E-state index in [9.17, 15) is 18.0 Å². The predicted octanol–water partition coefficient (Wildman–Crippen LogP) is 1.51. The number of ketones is 1. The lowest BCUT2D eigenvalue weighted by atomic mass is 10.1. The molecule has 0 saturated carbocycles. The van der Waals surface area contributed by atoms with Crippen molar-refractivity contribution in [3.8, 4) is 11.5 Å². The lowest BCUT2D eigenvalue weighted by Crippen LogP contribution is -2.27. The summed E-state index contributed by atoms with van der Waals surface area (Å²) in [6, 6.07) is 12.5. The Balaban J connectivity index is 1.44. The van der Waals surface area contributed by atoms with Gasteiger partial charge in [0, 0.05) is 12.1 Å². The van der Waals surface area contributed by atoms with Crippen LogP contribution in [0, 0.1) is 0 Å². The van der Waals surface area contributed by atoms with Crippen LogP contribution in [0.1, 0.15) is 16.8 Å². The standard InChI is InChI=1S/C18H17NO7S/c20-15(13-6-7-16-17(10-13)26-12-25-16)11-24-18(21)8-9-19-27(22,23)14-4-2-1-3-5-14/h1-7,10,19H,8-9,11-12H2. The molecule has 1 N–H and O–H groups in total. The van der Waals surface area contributed by atoms with Crippen molar-refractivity contribution in [1.29, 1.82) is 0 Å². The third kappa shape index (κ3) is 4.83. The zero-order valence-corrected chi connectivity index (χ0v) is 15.0. The highest BCUT2D eigenvalue weighted by molar-refractivity contribution is 7.89. The van der Waals surface area contributed by atoms with E-state index in [-0.39, 0.29) is 24.7 Å². The Morgan fingerprint density at radius 1 is 1.04 bits per heavy atom. The van der Waals surface area contributed by atoms with Crippen molar-refractivity contribution in [3.05, 3.63) is 54.1 Å². The van der Waals surface area contributed by atoms with Gasteiger partial charge >= 0.3 is 5.97 Å². The zero-order valence-electron chi connectivity index (χ0n) is 14.2. The SMILES string of the molecule is O=C(CCNS(=O)(=O)c1ccccc1)OCC(=O)c1ccc2c(c1)OCO2. The van der Waals surface area contributed by atoms with Crippen molar-refractivity contribution in [2.24, 2.45) is 0 Å². The molecule has 1 heterocycles. The Morgan fingerprint density at radius 3 is 2.56 bits per heavy atom. The maximum Gasteiger partial charge on any atom is 0.307 e. The quantitative estimate of drug-likeness (QED) is 0.537. The summed E-state index contributed by atoms with van der Waals surface area (Å²) in [4.78, 5) is 23.9. The highest BCUT2D eigenvalue weighted by atomic mass is 32.2. The number of sulfonamides is 1. The molecule has 0 bridgehead atoms. The maximum atomic E-state index is 12.1. The Kier molecular flexibility index (Phi) is 5.72. The van der Waals surface area contributed by atoms with Gasteiger partial charge < -0.3 is 14.2 Å². The van der Waals surface area contributed by atoms with Crippen molar-refractivity contribution in [2.75, 3.05) is 19.9 Å². The molecule has 0 unspecified atom stereocenters. The maximum absolute atomic E-state index is 12.1. The van der Waals surface area contributed by atoms with Crippen LogP contribution in [-0.4, -0.2) is 40.1 Å². The van der Waals surface area contributed by atoms with Gasteiger partial charge in [-0.2, -0.15) is 0 Å². The molecule has 1 aliphatic rings. The lowest BCUT2D eigenvalue weighted by Gasteiger charge is -2.07. The number of fused-ring (bicyclic) bond motifs is 1. The fourth-order valence-corrected chi connectivity index (χ4v) is 3.39. The number of esters is 1. The highest BCUT2D eigenvalue weighted by Gasteiger charge is 2.18. The van der Waals surface area contributed by atoms with Crippen LogP contribution in [0.2, 0.25) is 0 Å². The molecule has 8 nitrogen and oxygen atoms in total. The fraction of sp³-hybridized carbons (Fsp3) is 0.222. The predicted molar refractivity (Wildman–Crippen MR) is 94.1 cm³/mol. The minimum atomic E-state index is -3.69. The second-order valence-corrected chi connectivity index (χ2v) is 7.38. The van der Waals surface area contributed by atoms with E-state index in [1.54, 1.807) is 30.3 Å². The van der Waals surface area contributed by atoms with Gasteiger partial charge in [0.25, 0.3) is 0 Å². The summed E-state index contributed by atoms with van der Waals surface area (Å²) in [5, 5.41) is 0. The third-order valence-corrected chi connectivity index (χ3v) is 5.21. The minimum Gasteiger partial charge on any atom is -0.457 e. The van der Waals surface area contributed by atoms with Crippen LogP contribution in [-0.2, 0) is 19.6 Å². The topological polar surface area (TPSA) is 108 Å². The average molecular weight is 391 g/mol. The molecular formula is C18H17NO7S. The van der Waals surface area contributed by atoms with Crippen LogP contribution in [0.4, 0.5) is 0 Å². The van der Waals surface area contributed by atoms with Crippen molar-refractivity contribution < 1.29 is 32.2 Å². The summed E-state index contributed by atoms with van der Waals surface area (Å²) >= 11 is 0. The van der Waals surface area contributed by atoms with Crippen molar-refractivity contribution in [2.45, 2.75) is 11.3 Å². The van der Waals surface area contributed by atoms with Crippen molar-refractivity contribution in [1.82, 2.24) is 4.72 Å². The Morgan fingerprint density at radius 2 is 1.78 bits per heavy atom. The number of nitrogens with one attached hydrogen (secondary N) is 1. The largest absolute Gasteiger partial charge is 0.457 e. The van der Waals surface area contributed by atoms with E-state index in [0.717, 1.165) is 0 Å². The number of hydrogen-bond donors (Lipinski definition) is 1. The molecule has 0 amide bonds. The van der Waals surface area contributed by atoms with Gasteiger partial charge in [-0.15, -0.1) is 0 Å². The summed E-state index contributed by atoms with van der Waals surface area (Å²) in [5.74, 6) is -0.0666. The lowest BCUT2D eigenvalue weighted by molar-refractivity contribution is -0.142. The van der Waals surface area contributed by atoms with E-state index in [2.05, 4.69) is 4.72 Å². The smallest absolute Gasteiger partial charge is 0.307 e. The van der Waals surface area contributed by atoms with Crippen LogP contribution in [0.5, 0.6) is 11.5 Å². The molecule has 2 aromatic carbocycles. The number of carbonyl (C=O) groups is 2. The summed E-state index contributed by atoms with van der Waals surface area (Å²) in [5.41, 5.74) is 0.330. The van der Waals surface area contributed by atoms with Gasteiger partial charge in [0.1, 0.15) is 0 Å². The van der Waals surface area contributed by atoms with E-state index in [0.29, 0.717) is 17.1 Å². The summed E-state index contributed by atoms with van der Waals surface area (Å²) in [6.45, 7) is -0.473. The van der Waals surface area contributed by atoms with E-state index in [4.69, 9.17) is 14.2 Å². The monoisotopic (exact) mass is 391 g/mol. The van der Waals surface area contributed by atoms with Gasteiger partial charge in [-0.1, -0.05) is 18.2 Å². The van der Waals surface area contributed by atoms with Gasteiger partial charge in [-0.25, -0.2) is 13.1 Å². The van der Waals surface area contributed by atoms with Gasteiger partial charge in [-0.3, -0.25) is 9.59 Å². The van der Waals surface area contributed by atoms with Crippen LogP contribution in [0.25, 0.3) is 0 Å². The molecule has 9 heteroatoms. The summed E-state index contributed by atoms with van der Waals surface area (Å²) < 4.78 is 41.6. The zero-order chi connectivity index (χ0) is 19.3. The number of Topliss-reactive ketones (excluding diaryl/α,β-unsaturated/α-hetero) is 1. The third-order valence-electron chi connectivity index (χ3n) is 3.73. The molecule has 0 fully saturated rings. The second-order valence-electron chi connectivity index (χ2n) is 5.61. The van der Waals surface area contributed by atoms with Crippen LogP contribution in [0.15, 0.2) is 53.4 Å². The number of ether oxygens (including phenoxy) is 3. The number of carbonyl (C=O) groups excluding carboxylic acids is 2. The van der Waals surface area contributed by atoms with Crippen molar-refractivity contribution in [3.63, 3.8) is 0 Å². The first kappa shape index (κ1) is 18.9. The number of rotatable bonds is 8. The molecule has 142 valence electrons. The molecule has 0 saturated heterocycles. The Labute approximate surface area is 156 Å². The number of hydrogen-bond acceptors (Lipinski definition) is 7. The van der Waals surface area contributed by atoms with Gasteiger partial charge in [0.05, 0.1) is 11.3 Å². The van der Waals surface area contributed by atoms with Crippen LogP contribution < -0.4 is 14.2 Å². The van der Waals surface area contributed by atoms with Crippen molar-refractivity contribution >= 4 is 21.8 Å². The highest BCUT2D eigenvalue weighted by Crippen LogP contribution is 2.32. The molecule has 0 aromatic heterocycles. The van der Waals surface area contributed by atoms with E-state index in [1.165, 1.54) is 18.2 Å². The molecule has 27 heavy (non-hydrogen) atoms. The van der Waals surface area contributed by atoms with E-state index >= 15 is 0 Å². The summed E-state index contributed by atoms with van der Waals surface area (Å²) in [7, 11) is -3.69. The van der Waals surface area contributed by atoms with E-state index < -0.39 is 28.4 Å². The molecule has 1 aliphatic heterocycles. The van der Waals surface area contributed by atoms with Gasteiger partial charge in [-0.05, 0) is 30.3 Å². The first-order valence-corrected chi connectivity index (χ1v) is 9.57.